The third kappa shape index (κ3) is 15.5. The van der Waals surface area contributed by atoms with Gasteiger partial charge in [0.25, 0.3) is 5.91 Å². The van der Waals surface area contributed by atoms with Gasteiger partial charge in [0, 0.05) is 48.6 Å². The van der Waals surface area contributed by atoms with Gasteiger partial charge in [-0.2, -0.15) is 0 Å². The van der Waals surface area contributed by atoms with Crippen LogP contribution in [-0.2, 0) is 18.9 Å². The van der Waals surface area contributed by atoms with Crippen LogP contribution in [0.25, 0.3) is 11.1 Å². The molecule has 4 rings (SSSR count). The SMILES string of the molecule is Cc1cc(C2=CCN(/C(=N\C(=O)OC(C)(C)C)NC(=O)OC(C)(C)C)CC2)ccc1C(=O)Nc1ccc(C2=CCN(/C(=N\C(=O)OC(C)(C)C)NC(=O)OC(C)(C)C)CC2)c(F)c1C. The highest BCUT2D eigenvalue weighted by atomic mass is 19.1. The summed E-state index contributed by atoms with van der Waals surface area (Å²) in [5, 5.41) is 8.02. The zero-order chi connectivity index (χ0) is 47.9. The first kappa shape index (κ1) is 50.4. The van der Waals surface area contributed by atoms with Crippen molar-refractivity contribution in [2.45, 2.75) is 132 Å². The number of hydrogen-bond acceptors (Lipinski definition) is 9. The lowest BCUT2D eigenvalue weighted by atomic mass is 9.95. The Bertz CT molecular complexity index is 2250. The van der Waals surface area contributed by atoms with Crippen LogP contribution in [0.1, 0.15) is 129 Å². The molecule has 2 aromatic rings. The van der Waals surface area contributed by atoms with Gasteiger partial charge >= 0.3 is 24.4 Å². The maximum atomic E-state index is 16.1. The molecule has 0 saturated heterocycles. The number of hydrogen-bond donors (Lipinski definition) is 3. The summed E-state index contributed by atoms with van der Waals surface area (Å²) in [6.45, 7) is 25.3. The second-order valence-electron chi connectivity index (χ2n) is 19.5. The van der Waals surface area contributed by atoms with Gasteiger partial charge in [-0.1, -0.05) is 24.3 Å². The predicted molar refractivity (Wildman–Crippen MR) is 245 cm³/mol. The van der Waals surface area contributed by atoms with Gasteiger partial charge < -0.3 is 34.1 Å². The molecule has 5 amide bonds. The van der Waals surface area contributed by atoms with Gasteiger partial charge in [-0.05, 0) is 150 Å². The highest BCUT2D eigenvalue weighted by Crippen LogP contribution is 2.31. The summed E-state index contributed by atoms with van der Waals surface area (Å²) in [5.74, 6) is -0.933. The summed E-state index contributed by atoms with van der Waals surface area (Å²) in [5.41, 5.74) is 1.52. The van der Waals surface area contributed by atoms with E-state index in [0.29, 0.717) is 60.4 Å². The summed E-state index contributed by atoms with van der Waals surface area (Å²) in [7, 11) is 0. The van der Waals surface area contributed by atoms with E-state index in [4.69, 9.17) is 18.9 Å². The second-order valence-corrected chi connectivity index (χ2v) is 19.5. The van der Waals surface area contributed by atoms with Crippen LogP contribution < -0.4 is 16.0 Å². The minimum absolute atomic E-state index is 0.00858. The number of benzene rings is 2. The number of ether oxygens (including phenoxy) is 4. The van der Waals surface area contributed by atoms with Crippen LogP contribution in [0.15, 0.2) is 52.5 Å². The molecule has 0 atom stereocenters. The first-order valence-corrected chi connectivity index (χ1v) is 21.2. The van der Waals surface area contributed by atoms with E-state index in [2.05, 4.69) is 25.9 Å². The molecule has 0 radical (unpaired) electrons. The molecule has 0 bridgehead atoms. The average molecular weight is 890 g/mol. The Morgan fingerprint density at radius 3 is 1.48 bits per heavy atom. The molecular formula is C47H64FN7O9. The van der Waals surface area contributed by atoms with E-state index in [0.717, 1.165) is 11.1 Å². The molecule has 0 fully saturated rings. The second kappa shape index (κ2) is 20.1. The first-order valence-electron chi connectivity index (χ1n) is 21.2. The molecular weight excluding hydrogens is 826 g/mol. The Morgan fingerprint density at radius 1 is 0.625 bits per heavy atom. The number of nitrogens with zero attached hydrogens (tertiary/aromatic N) is 4. The van der Waals surface area contributed by atoms with E-state index in [1.54, 1.807) is 124 Å². The normalized spacial score (nSPS) is 15.4. The monoisotopic (exact) mass is 889 g/mol. The highest BCUT2D eigenvalue weighted by Gasteiger charge is 2.28. The van der Waals surface area contributed by atoms with Crippen LogP contribution in [0.3, 0.4) is 0 Å². The molecule has 0 aromatic heterocycles. The van der Waals surface area contributed by atoms with Crippen LogP contribution >= 0.6 is 0 Å². The van der Waals surface area contributed by atoms with Crippen molar-refractivity contribution in [3.8, 4) is 0 Å². The van der Waals surface area contributed by atoms with Crippen molar-refractivity contribution < 1.29 is 47.3 Å². The first-order chi connectivity index (χ1) is 29.5. The molecule has 0 saturated carbocycles. The topological polar surface area (TPSA) is 190 Å². The van der Waals surface area contributed by atoms with Gasteiger partial charge in [0.2, 0.25) is 11.9 Å². The number of alkyl carbamates (subject to hydrolysis) is 2. The van der Waals surface area contributed by atoms with Crippen molar-refractivity contribution in [1.82, 2.24) is 20.4 Å². The summed E-state index contributed by atoms with van der Waals surface area (Å²) < 4.78 is 37.5. The molecule has 2 aromatic carbocycles. The van der Waals surface area contributed by atoms with E-state index in [-0.39, 0.29) is 24.0 Å². The maximum absolute atomic E-state index is 16.1. The Hall–Kier alpha value is -6.26. The zero-order valence-electron chi connectivity index (χ0n) is 39.6. The summed E-state index contributed by atoms with van der Waals surface area (Å²) in [6.07, 6.45) is 1.37. The number of carbonyl (C=O) groups is 5. The van der Waals surface area contributed by atoms with E-state index < -0.39 is 58.5 Å². The van der Waals surface area contributed by atoms with Gasteiger partial charge in [-0.3, -0.25) is 15.4 Å². The number of carbonyl (C=O) groups excluding carboxylic acids is 5. The van der Waals surface area contributed by atoms with Crippen LogP contribution in [0.5, 0.6) is 0 Å². The minimum Gasteiger partial charge on any atom is -0.444 e. The molecule has 3 N–H and O–H groups in total. The quantitative estimate of drug-likeness (QED) is 0.151. The van der Waals surface area contributed by atoms with Crippen molar-refractivity contribution in [3.05, 3.63) is 76.1 Å². The summed E-state index contributed by atoms with van der Waals surface area (Å²) in [4.78, 5) is 75.6. The lowest BCUT2D eigenvalue weighted by Crippen LogP contribution is -2.48. The number of nitrogens with one attached hydrogen (secondary N) is 3. The largest absolute Gasteiger partial charge is 0.444 e. The molecule has 2 aliphatic heterocycles. The van der Waals surface area contributed by atoms with Gasteiger partial charge in [-0.25, -0.2) is 23.6 Å². The van der Waals surface area contributed by atoms with Gasteiger partial charge in [0.15, 0.2) is 0 Å². The lowest BCUT2D eigenvalue weighted by molar-refractivity contribution is 0.0536. The lowest BCUT2D eigenvalue weighted by Gasteiger charge is -2.30. The van der Waals surface area contributed by atoms with E-state index in [9.17, 15) is 24.0 Å². The number of amides is 5. The minimum atomic E-state index is -0.886. The molecule has 2 aliphatic rings. The van der Waals surface area contributed by atoms with Crippen LogP contribution in [0.2, 0.25) is 0 Å². The highest BCUT2D eigenvalue weighted by molar-refractivity contribution is 6.06. The summed E-state index contributed by atoms with van der Waals surface area (Å²) >= 11 is 0. The number of guanidine groups is 2. The fraction of sp³-hybridized carbons (Fsp3) is 0.511. The van der Waals surface area contributed by atoms with Crippen molar-refractivity contribution in [3.63, 3.8) is 0 Å². The third-order valence-corrected chi connectivity index (χ3v) is 9.25. The molecule has 16 nitrogen and oxygen atoms in total. The smallest absolute Gasteiger partial charge is 0.437 e. The molecule has 0 aliphatic carbocycles. The van der Waals surface area contributed by atoms with E-state index in [1.807, 2.05) is 25.1 Å². The molecule has 0 spiro atoms. The van der Waals surface area contributed by atoms with Crippen LogP contribution in [0, 0.1) is 19.7 Å². The van der Waals surface area contributed by atoms with Crippen molar-refractivity contribution in [2.75, 3.05) is 31.5 Å². The molecule has 64 heavy (non-hydrogen) atoms. The van der Waals surface area contributed by atoms with Gasteiger partial charge in [-0.15, -0.1) is 9.98 Å². The predicted octanol–water partition coefficient (Wildman–Crippen LogP) is 9.50. The zero-order valence-corrected chi connectivity index (χ0v) is 39.6. The Morgan fingerprint density at radius 2 is 1.08 bits per heavy atom. The van der Waals surface area contributed by atoms with Crippen molar-refractivity contribution >= 4 is 59.0 Å². The fourth-order valence-electron chi connectivity index (χ4n) is 6.49. The standard InChI is InChI=1S/C47H64FN7O9/c1-28-27-32(30-19-23-54(24-20-30)38(50-40(57)61-44(3,4)5)51-41(58)62-45(6,7)8)15-16-33(28)37(56)49-35-18-17-34(36(48)29(35)2)31-21-25-55(26-22-31)39(52-42(59)63-46(9,10)11)53-43(60)64-47(12,13)14/h15-19,21,27H,20,22-26H2,1-14H3,(H,49,56)(H,50,51,57,58)(H,52,53,59,60). The molecule has 2 heterocycles. The maximum Gasteiger partial charge on any atom is 0.437 e. The third-order valence-electron chi connectivity index (χ3n) is 9.25. The number of halogens is 1. The van der Waals surface area contributed by atoms with Gasteiger partial charge in [0.05, 0.1) is 0 Å². The van der Waals surface area contributed by atoms with Crippen molar-refractivity contribution in [2.24, 2.45) is 9.98 Å². The number of rotatable bonds is 4. The number of aliphatic imine (C=N–C) groups is 2. The van der Waals surface area contributed by atoms with Crippen LogP contribution in [0.4, 0.5) is 29.3 Å². The summed E-state index contributed by atoms with van der Waals surface area (Å²) in [6, 6.07) is 8.77. The Kier molecular flexibility index (Phi) is 15.8. The fourth-order valence-corrected chi connectivity index (χ4v) is 6.49. The van der Waals surface area contributed by atoms with Gasteiger partial charge in [0.1, 0.15) is 28.2 Å². The van der Waals surface area contributed by atoms with E-state index in [1.165, 1.54) is 0 Å². The Balaban J connectivity index is 1.46. The number of anilines is 1. The van der Waals surface area contributed by atoms with E-state index >= 15 is 4.39 Å². The molecule has 17 heteroatoms. The molecule has 0 unspecified atom stereocenters. The van der Waals surface area contributed by atoms with Crippen LogP contribution in [-0.4, -0.2) is 101 Å². The van der Waals surface area contributed by atoms with Crippen molar-refractivity contribution in [1.29, 1.82) is 0 Å². The number of aryl methyl sites for hydroxylation is 1. The Labute approximate surface area is 375 Å². The molecule has 348 valence electrons. The average Bonchev–Trinajstić information content (AvgIpc) is 3.13.